The summed E-state index contributed by atoms with van der Waals surface area (Å²) in [5.41, 5.74) is 1.22. The number of hydrogen-bond acceptors (Lipinski definition) is 2. The van der Waals surface area contributed by atoms with Gasteiger partial charge in [0.25, 0.3) is 0 Å². The third-order valence-corrected chi connectivity index (χ3v) is 2.85. The van der Waals surface area contributed by atoms with E-state index < -0.39 is 0 Å². The van der Waals surface area contributed by atoms with E-state index in [1.165, 1.54) is 10.5 Å². The highest BCUT2D eigenvalue weighted by molar-refractivity contribution is 8.07. The molecule has 0 fully saturated rings. The fourth-order valence-electron chi connectivity index (χ4n) is 1.22. The molecule has 0 unspecified atom stereocenters. The van der Waals surface area contributed by atoms with Crippen LogP contribution in [0, 0.1) is 0 Å². The Morgan fingerprint density at radius 2 is 1.93 bits per heavy atom. The predicted molar refractivity (Wildman–Crippen MR) is 69.3 cm³/mol. The summed E-state index contributed by atoms with van der Waals surface area (Å²) < 4.78 is 5.12. The van der Waals surface area contributed by atoms with Crippen molar-refractivity contribution in [3.05, 3.63) is 48.1 Å². The quantitative estimate of drug-likeness (QED) is 0.710. The number of allylic oxidation sites excluding steroid dienone is 3. The molecule has 1 nitrogen and oxygen atoms in total. The first-order chi connectivity index (χ1) is 7.31. The third kappa shape index (κ3) is 3.48. The molecule has 0 radical (unpaired) electrons. The van der Waals surface area contributed by atoms with Crippen LogP contribution in [0.3, 0.4) is 0 Å². The van der Waals surface area contributed by atoms with E-state index in [-0.39, 0.29) is 0 Å². The van der Waals surface area contributed by atoms with Gasteiger partial charge in [0.1, 0.15) is 5.75 Å². The number of methoxy groups -OCH3 is 1. The maximum Gasteiger partial charge on any atom is 0.118 e. The van der Waals surface area contributed by atoms with Gasteiger partial charge in [-0.3, -0.25) is 0 Å². The minimum Gasteiger partial charge on any atom is -0.497 e. The van der Waals surface area contributed by atoms with Crippen molar-refractivity contribution in [1.29, 1.82) is 0 Å². The lowest BCUT2D eigenvalue weighted by Crippen LogP contribution is -1.83. The minimum atomic E-state index is 0.894. The van der Waals surface area contributed by atoms with Crippen molar-refractivity contribution >= 4 is 16.7 Å². The first kappa shape index (κ1) is 11.9. The zero-order valence-corrected chi connectivity index (χ0v) is 10.2. The lowest BCUT2D eigenvalue weighted by atomic mass is 10.2. The number of hydrogen-bond donors (Lipinski definition) is 0. The van der Waals surface area contributed by atoms with Crippen LogP contribution < -0.4 is 4.74 Å². The standard InChI is InChI=1S/C13H16OS/c1-4-5-6-13(15-3)11-7-9-12(14-2)10-8-11/h4-10H,1-3H3/b5-4+,13-6-. The second-order valence-corrected chi connectivity index (χ2v) is 3.84. The molecule has 2 heteroatoms. The SMILES string of the molecule is C/C=C/C=C(\SC)c1ccc(OC)cc1. The highest BCUT2D eigenvalue weighted by Crippen LogP contribution is 2.26. The number of ether oxygens (including phenoxy) is 1. The average molecular weight is 220 g/mol. The Kier molecular flexibility index (Phi) is 5.05. The maximum absolute atomic E-state index is 5.12. The van der Waals surface area contributed by atoms with Crippen molar-refractivity contribution in [2.45, 2.75) is 6.92 Å². The van der Waals surface area contributed by atoms with E-state index in [1.807, 2.05) is 25.1 Å². The van der Waals surface area contributed by atoms with Gasteiger partial charge in [-0.05, 0) is 37.0 Å². The lowest BCUT2D eigenvalue weighted by molar-refractivity contribution is 0.415. The van der Waals surface area contributed by atoms with Crippen LogP contribution in [0.15, 0.2) is 42.5 Å². The Morgan fingerprint density at radius 3 is 2.40 bits per heavy atom. The van der Waals surface area contributed by atoms with Gasteiger partial charge in [0.15, 0.2) is 0 Å². The Hall–Kier alpha value is -1.15. The van der Waals surface area contributed by atoms with E-state index in [1.54, 1.807) is 18.9 Å². The highest BCUT2D eigenvalue weighted by Gasteiger charge is 1.98. The van der Waals surface area contributed by atoms with E-state index in [2.05, 4.69) is 30.5 Å². The Balaban J connectivity index is 2.92. The van der Waals surface area contributed by atoms with E-state index in [0.29, 0.717) is 0 Å². The fraction of sp³-hybridized carbons (Fsp3) is 0.231. The molecule has 80 valence electrons. The van der Waals surface area contributed by atoms with Crippen molar-refractivity contribution < 1.29 is 4.74 Å². The lowest BCUT2D eigenvalue weighted by Gasteiger charge is -2.04. The largest absolute Gasteiger partial charge is 0.497 e. The zero-order valence-electron chi connectivity index (χ0n) is 9.36. The molecular formula is C13H16OS. The molecule has 1 rings (SSSR count). The topological polar surface area (TPSA) is 9.23 Å². The van der Waals surface area contributed by atoms with Crippen LogP contribution in [0.5, 0.6) is 5.75 Å². The van der Waals surface area contributed by atoms with Gasteiger partial charge in [-0.1, -0.05) is 24.3 Å². The van der Waals surface area contributed by atoms with Crippen LogP contribution in [0.4, 0.5) is 0 Å². The molecule has 0 saturated carbocycles. The summed E-state index contributed by atoms with van der Waals surface area (Å²) >= 11 is 1.75. The first-order valence-corrected chi connectivity index (χ1v) is 6.05. The fourth-order valence-corrected chi connectivity index (χ4v) is 1.81. The number of rotatable bonds is 4. The van der Waals surface area contributed by atoms with Crippen LogP contribution in [0.25, 0.3) is 4.91 Å². The minimum absolute atomic E-state index is 0.894. The van der Waals surface area contributed by atoms with Gasteiger partial charge in [-0.2, -0.15) is 0 Å². The Bertz CT molecular complexity index is 349. The first-order valence-electron chi connectivity index (χ1n) is 4.83. The van der Waals surface area contributed by atoms with Gasteiger partial charge in [0.2, 0.25) is 0 Å². The van der Waals surface area contributed by atoms with E-state index in [9.17, 15) is 0 Å². The van der Waals surface area contributed by atoms with Crippen molar-refractivity contribution in [3.8, 4) is 5.75 Å². The molecule has 0 atom stereocenters. The molecule has 0 aliphatic carbocycles. The van der Waals surface area contributed by atoms with Gasteiger partial charge >= 0.3 is 0 Å². The second kappa shape index (κ2) is 6.36. The van der Waals surface area contributed by atoms with E-state index in [4.69, 9.17) is 4.74 Å². The maximum atomic E-state index is 5.12. The molecule has 0 saturated heterocycles. The van der Waals surface area contributed by atoms with Gasteiger partial charge in [-0.15, -0.1) is 11.8 Å². The van der Waals surface area contributed by atoms with Crippen molar-refractivity contribution in [1.82, 2.24) is 0 Å². The molecule has 0 amide bonds. The molecule has 15 heavy (non-hydrogen) atoms. The van der Waals surface area contributed by atoms with Crippen LogP contribution in [-0.2, 0) is 0 Å². The normalized spacial score (nSPS) is 12.1. The summed E-state index contributed by atoms with van der Waals surface area (Å²) in [4.78, 5) is 1.26. The molecule has 1 aromatic carbocycles. The van der Waals surface area contributed by atoms with E-state index >= 15 is 0 Å². The molecule has 0 aliphatic heterocycles. The zero-order chi connectivity index (χ0) is 11.1. The highest BCUT2D eigenvalue weighted by atomic mass is 32.2. The van der Waals surface area contributed by atoms with Gasteiger partial charge < -0.3 is 4.74 Å². The number of benzene rings is 1. The van der Waals surface area contributed by atoms with Gasteiger partial charge in [0.05, 0.1) is 7.11 Å². The van der Waals surface area contributed by atoms with E-state index in [0.717, 1.165) is 5.75 Å². The predicted octanol–water partition coefficient (Wildman–Crippen LogP) is 3.98. The van der Waals surface area contributed by atoms with Crippen molar-refractivity contribution in [2.24, 2.45) is 0 Å². The monoisotopic (exact) mass is 220 g/mol. The van der Waals surface area contributed by atoms with Crippen molar-refractivity contribution in [3.63, 3.8) is 0 Å². The average Bonchev–Trinajstić information content (AvgIpc) is 2.31. The van der Waals surface area contributed by atoms with Gasteiger partial charge in [-0.25, -0.2) is 0 Å². The Labute approximate surface area is 95.8 Å². The van der Waals surface area contributed by atoms with Crippen LogP contribution in [0.2, 0.25) is 0 Å². The molecule has 0 heterocycles. The molecule has 0 spiro atoms. The molecule has 1 aromatic rings. The summed E-state index contributed by atoms with van der Waals surface area (Å²) in [7, 11) is 1.68. The third-order valence-electron chi connectivity index (χ3n) is 2.03. The van der Waals surface area contributed by atoms with Crippen LogP contribution in [-0.4, -0.2) is 13.4 Å². The molecular weight excluding hydrogens is 204 g/mol. The summed E-state index contributed by atoms with van der Waals surface area (Å²) in [6, 6.07) is 8.11. The molecule has 0 aliphatic rings. The summed E-state index contributed by atoms with van der Waals surface area (Å²) in [6.07, 6.45) is 8.28. The summed E-state index contributed by atoms with van der Waals surface area (Å²) in [6.45, 7) is 2.02. The Morgan fingerprint density at radius 1 is 1.27 bits per heavy atom. The second-order valence-electron chi connectivity index (χ2n) is 2.99. The smallest absolute Gasteiger partial charge is 0.118 e. The van der Waals surface area contributed by atoms with Crippen molar-refractivity contribution in [2.75, 3.05) is 13.4 Å². The summed E-state index contributed by atoms with van der Waals surface area (Å²) in [5, 5.41) is 0. The summed E-state index contributed by atoms with van der Waals surface area (Å²) in [5.74, 6) is 0.894. The molecule has 0 bridgehead atoms. The number of thioether (sulfide) groups is 1. The molecule has 0 aromatic heterocycles. The van der Waals surface area contributed by atoms with Crippen LogP contribution >= 0.6 is 11.8 Å². The molecule has 0 N–H and O–H groups in total. The van der Waals surface area contributed by atoms with Gasteiger partial charge in [0, 0.05) is 4.91 Å². The van der Waals surface area contributed by atoms with Crippen LogP contribution in [0.1, 0.15) is 12.5 Å².